The summed E-state index contributed by atoms with van der Waals surface area (Å²) in [6.45, 7) is -0.352. The molecule has 1 saturated carbocycles. The number of rotatable bonds is 4. The molecule has 7 nitrogen and oxygen atoms in total. The normalized spacial score (nSPS) is 17.4. The largest absolute Gasteiger partial charge is 0.327 e. The fourth-order valence-corrected chi connectivity index (χ4v) is 2.61. The molecule has 1 aliphatic heterocycles. The lowest BCUT2D eigenvalue weighted by Crippen LogP contribution is -2.39. The van der Waals surface area contributed by atoms with Gasteiger partial charge in [0, 0.05) is 11.1 Å². The number of nitriles is 1. The molecule has 0 aromatic heterocycles. The molecule has 0 bridgehead atoms. The summed E-state index contributed by atoms with van der Waals surface area (Å²) >= 11 is 5.85. The summed E-state index contributed by atoms with van der Waals surface area (Å²) in [6.07, 6.45) is 1.79. The van der Waals surface area contributed by atoms with Gasteiger partial charge in [0.1, 0.15) is 19.2 Å². The molecule has 0 radical (unpaired) electrons. The molecule has 1 aliphatic carbocycles. The summed E-state index contributed by atoms with van der Waals surface area (Å²) in [6, 6.07) is 6.10. The van der Waals surface area contributed by atoms with Gasteiger partial charge < -0.3 is 10.2 Å². The molecule has 1 aromatic carbocycles. The van der Waals surface area contributed by atoms with Crippen LogP contribution in [0.3, 0.4) is 0 Å². The van der Waals surface area contributed by atoms with Crippen LogP contribution in [0.5, 0.6) is 0 Å². The number of urea groups is 1. The van der Waals surface area contributed by atoms with Crippen LogP contribution >= 0.6 is 11.6 Å². The van der Waals surface area contributed by atoms with E-state index in [0.29, 0.717) is 5.02 Å². The number of carbonyl (C=O) groups is 3. The first-order chi connectivity index (χ1) is 11.0. The molecular formula is C15H13ClN4O3. The lowest BCUT2D eigenvalue weighted by atomic mass is 10.2. The minimum absolute atomic E-state index is 0.0252. The highest BCUT2D eigenvalue weighted by molar-refractivity contribution is 6.31. The first-order valence-corrected chi connectivity index (χ1v) is 7.48. The van der Waals surface area contributed by atoms with Gasteiger partial charge in [0.05, 0.1) is 11.3 Å². The van der Waals surface area contributed by atoms with Crippen molar-refractivity contribution in [1.29, 1.82) is 5.26 Å². The van der Waals surface area contributed by atoms with Crippen LogP contribution in [0.25, 0.3) is 0 Å². The number of halogens is 1. The van der Waals surface area contributed by atoms with Crippen molar-refractivity contribution in [3.05, 3.63) is 28.8 Å². The average Bonchev–Trinajstić information content (AvgIpc) is 3.30. The number of carbonyl (C=O) groups excluding carboxylic acids is 3. The minimum atomic E-state index is -0.553. The van der Waals surface area contributed by atoms with Crippen molar-refractivity contribution in [2.24, 2.45) is 0 Å². The average molecular weight is 333 g/mol. The lowest BCUT2D eigenvalue weighted by Gasteiger charge is -2.16. The Kier molecular flexibility index (Phi) is 3.92. The first-order valence-electron chi connectivity index (χ1n) is 7.10. The van der Waals surface area contributed by atoms with E-state index >= 15 is 0 Å². The third-order valence-corrected chi connectivity index (χ3v) is 3.98. The molecular weight excluding hydrogens is 320 g/mol. The van der Waals surface area contributed by atoms with Gasteiger partial charge in [-0.3, -0.25) is 14.5 Å². The summed E-state index contributed by atoms with van der Waals surface area (Å²) in [5, 5.41) is 11.9. The molecule has 4 amide bonds. The molecule has 23 heavy (non-hydrogen) atoms. The maximum absolute atomic E-state index is 12.1. The SMILES string of the molecule is N#Cc1ccc(Cl)cc1NC(=O)CN1C(=O)CN(C2CC2)C1=O. The van der Waals surface area contributed by atoms with Crippen molar-refractivity contribution < 1.29 is 14.4 Å². The topological polar surface area (TPSA) is 93.5 Å². The summed E-state index contributed by atoms with van der Waals surface area (Å²) in [4.78, 5) is 38.6. The van der Waals surface area contributed by atoms with Gasteiger partial charge in [0.15, 0.2) is 0 Å². The van der Waals surface area contributed by atoms with E-state index in [1.54, 1.807) is 0 Å². The van der Waals surface area contributed by atoms with Crippen molar-refractivity contribution in [2.45, 2.75) is 18.9 Å². The Hall–Kier alpha value is -2.59. The summed E-state index contributed by atoms with van der Waals surface area (Å²) in [5.41, 5.74) is 0.504. The summed E-state index contributed by atoms with van der Waals surface area (Å²) < 4.78 is 0. The fourth-order valence-electron chi connectivity index (χ4n) is 2.44. The number of imide groups is 1. The zero-order valence-corrected chi connectivity index (χ0v) is 12.8. The van der Waals surface area contributed by atoms with Crippen LogP contribution in [-0.2, 0) is 9.59 Å². The van der Waals surface area contributed by atoms with E-state index in [2.05, 4.69) is 5.32 Å². The van der Waals surface area contributed by atoms with Crippen LogP contribution in [-0.4, -0.2) is 46.8 Å². The molecule has 2 fully saturated rings. The van der Waals surface area contributed by atoms with E-state index in [1.165, 1.54) is 23.1 Å². The summed E-state index contributed by atoms with van der Waals surface area (Å²) in [5.74, 6) is -0.938. The van der Waals surface area contributed by atoms with Gasteiger partial charge in [0.25, 0.3) is 5.91 Å². The van der Waals surface area contributed by atoms with Gasteiger partial charge in [-0.05, 0) is 31.0 Å². The molecule has 1 N–H and O–H groups in total. The van der Waals surface area contributed by atoms with Gasteiger partial charge >= 0.3 is 6.03 Å². The van der Waals surface area contributed by atoms with Crippen LogP contribution in [0.15, 0.2) is 18.2 Å². The van der Waals surface area contributed by atoms with Crippen LogP contribution in [0.4, 0.5) is 10.5 Å². The minimum Gasteiger partial charge on any atom is -0.323 e. The fraction of sp³-hybridized carbons (Fsp3) is 0.333. The van der Waals surface area contributed by atoms with E-state index in [1.807, 2.05) is 6.07 Å². The van der Waals surface area contributed by atoms with Gasteiger partial charge in [-0.2, -0.15) is 5.26 Å². The van der Waals surface area contributed by atoms with Crippen molar-refractivity contribution >= 4 is 35.1 Å². The second-order valence-corrected chi connectivity index (χ2v) is 5.91. The van der Waals surface area contributed by atoms with Crippen molar-refractivity contribution in [3.8, 4) is 6.07 Å². The Morgan fingerprint density at radius 2 is 2.13 bits per heavy atom. The van der Waals surface area contributed by atoms with E-state index < -0.39 is 11.9 Å². The van der Waals surface area contributed by atoms with E-state index in [-0.39, 0.29) is 36.3 Å². The summed E-state index contributed by atoms with van der Waals surface area (Å²) in [7, 11) is 0. The molecule has 1 saturated heterocycles. The van der Waals surface area contributed by atoms with Gasteiger partial charge in [-0.25, -0.2) is 4.79 Å². The third-order valence-electron chi connectivity index (χ3n) is 3.75. The molecule has 0 spiro atoms. The number of hydrogen-bond acceptors (Lipinski definition) is 4. The molecule has 118 valence electrons. The van der Waals surface area contributed by atoms with Crippen molar-refractivity contribution in [3.63, 3.8) is 0 Å². The highest BCUT2D eigenvalue weighted by atomic mass is 35.5. The molecule has 2 aliphatic rings. The van der Waals surface area contributed by atoms with Crippen LogP contribution in [0.1, 0.15) is 18.4 Å². The van der Waals surface area contributed by atoms with Crippen molar-refractivity contribution in [1.82, 2.24) is 9.80 Å². The third kappa shape index (κ3) is 3.12. The van der Waals surface area contributed by atoms with Crippen molar-refractivity contribution in [2.75, 3.05) is 18.4 Å². The lowest BCUT2D eigenvalue weighted by molar-refractivity contribution is -0.129. The van der Waals surface area contributed by atoms with Gasteiger partial charge in [0.2, 0.25) is 5.91 Å². The molecule has 0 unspecified atom stereocenters. The van der Waals surface area contributed by atoms with Crippen LogP contribution in [0.2, 0.25) is 5.02 Å². The number of hydrogen-bond donors (Lipinski definition) is 1. The molecule has 8 heteroatoms. The first kappa shape index (κ1) is 15.3. The Morgan fingerprint density at radius 3 is 2.78 bits per heavy atom. The Labute approximate surface area is 137 Å². The number of anilines is 1. The van der Waals surface area contributed by atoms with E-state index in [9.17, 15) is 14.4 Å². The zero-order chi connectivity index (χ0) is 16.6. The monoisotopic (exact) mass is 332 g/mol. The zero-order valence-electron chi connectivity index (χ0n) is 12.1. The molecule has 0 atom stereocenters. The number of amides is 4. The molecule has 1 aromatic rings. The molecule has 1 heterocycles. The predicted molar refractivity (Wildman–Crippen MR) is 81.6 cm³/mol. The highest BCUT2D eigenvalue weighted by Gasteiger charge is 2.44. The highest BCUT2D eigenvalue weighted by Crippen LogP contribution is 2.30. The van der Waals surface area contributed by atoms with E-state index in [0.717, 1.165) is 17.7 Å². The van der Waals surface area contributed by atoms with Gasteiger partial charge in [-0.15, -0.1) is 0 Å². The Balaban J connectivity index is 1.68. The standard InChI is InChI=1S/C15H13ClN4O3/c16-10-2-1-9(6-17)12(5-10)18-13(21)7-20-14(22)8-19(15(20)23)11-3-4-11/h1-2,5,11H,3-4,7-8H2,(H,18,21). The number of benzene rings is 1. The second kappa shape index (κ2) is 5.89. The number of nitrogens with one attached hydrogen (secondary N) is 1. The maximum atomic E-state index is 12.1. The molecule has 3 rings (SSSR count). The van der Waals surface area contributed by atoms with Crippen LogP contribution < -0.4 is 5.32 Å². The maximum Gasteiger partial charge on any atom is 0.327 e. The second-order valence-electron chi connectivity index (χ2n) is 5.47. The van der Waals surface area contributed by atoms with Crippen LogP contribution in [0, 0.1) is 11.3 Å². The van der Waals surface area contributed by atoms with Gasteiger partial charge in [-0.1, -0.05) is 11.6 Å². The predicted octanol–water partition coefficient (Wildman–Crippen LogP) is 1.58. The number of nitrogens with zero attached hydrogens (tertiary/aromatic N) is 3. The Bertz CT molecular complexity index is 739. The van der Waals surface area contributed by atoms with E-state index in [4.69, 9.17) is 16.9 Å². The smallest absolute Gasteiger partial charge is 0.323 e. The Morgan fingerprint density at radius 1 is 1.39 bits per heavy atom. The quantitative estimate of drug-likeness (QED) is 0.847.